The van der Waals surface area contributed by atoms with Crippen LogP contribution >= 0.6 is 30.5 Å². The lowest BCUT2D eigenvalue weighted by atomic mass is 9.92. The van der Waals surface area contributed by atoms with Crippen LogP contribution in [0.25, 0.3) is 0 Å². The zero-order valence-corrected chi connectivity index (χ0v) is 34.7. The summed E-state index contributed by atoms with van der Waals surface area (Å²) in [5.41, 5.74) is 1.13. The third kappa shape index (κ3) is 13.4. The van der Waals surface area contributed by atoms with Gasteiger partial charge in [0, 0.05) is 42.3 Å². The fourth-order valence-electron chi connectivity index (χ4n) is 5.46. The van der Waals surface area contributed by atoms with E-state index in [2.05, 4.69) is 44.6 Å². The summed E-state index contributed by atoms with van der Waals surface area (Å²) in [5.74, 6) is 0.833. The zero-order valence-electron chi connectivity index (χ0n) is 32.1. The smallest absolute Gasteiger partial charge is 0.445 e. The number of aliphatic carboxylic acids is 1. The third-order valence-corrected chi connectivity index (χ3v) is 10.2. The van der Waals surface area contributed by atoms with Gasteiger partial charge in [0.15, 0.2) is 19.0 Å². The quantitative estimate of drug-likeness (QED) is 0.0922. The molecule has 4 aromatic rings. The molecule has 60 heavy (non-hydrogen) atoms. The van der Waals surface area contributed by atoms with E-state index in [-0.39, 0.29) is 52.7 Å². The monoisotopic (exact) mass is 904 g/mol. The van der Waals surface area contributed by atoms with Gasteiger partial charge in [-0.1, -0.05) is 36.2 Å². The Labute approximate surface area is 346 Å². The normalized spacial score (nSPS) is 14.5. The minimum atomic E-state index is -4.61. The highest BCUT2D eigenvalue weighted by Crippen LogP contribution is 2.38. The number of ether oxygens (including phenoxy) is 2. The fraction of sp³-hybridized carbons (Fsp3) is 0.400. The lowest BCUT2D eigenvalue weighted by molar-refractivity contribution is -0.138. The van der Waals surface area contributed by atoms with Gasteiger partial charge in [-0.3, -0.25) is 29.2 Å². The number of aromatic nitrogens is 4. The van der Waals surface area contributed by atoms with Crippen molar-refractivity contribution in [1.82, 2.24) is 24.5 Å². The number of halogens is 5. The van der Waals surface area contributed by atoms with E-state index in [0.717, 1.165) is 18.8 Å². The van der Waals surface area contributed by atoms with E-state index in [1.807, 2.05) is 4.57 Å². The molecular formula is C35H38F5N8O9PS2. The molecule has 0 saturated carbocycles. The summed E-state index contributed by atoms with van der Waals surface area (Å²) in [7, 11) is -4.10. The summed E-state index contributed by atoms with van der Waals surface area (Å²) < 4.78 is 91.7. The van der Waals surface area contributed by atoms with Crippen molar-refractivity contribution >= 4 is 65.3 Å². The van der Waals surface area contributed by atoms with Crippen LogP contribution in [0.15, 0.2) is 41.4 Å². The van der Waals surface area contributed by atoms with Crippen LogP contribution in [0.2, 0.25) is 0 Å². The second-order valence-corrected chi connectivity index (χ2v) is 17.1. The van der Waals surface area contributed by atoms with Gasteiger partial charge < -0.3 is 33.8 Å². The topological polar surface area (TPSA) is 222 Å². The zero-order chi connectivity index (χ0) is 44.6. The number of benzene rings is 2. The molecule has 17 nitrogen and oxygen atoms in total. The molecule has 0 saturated heterocycles. The molecule has 0 radical (unpaired) electrons. The molecular weight excluding hydrogens is 867 g/mol. The summed E-state index contributed by atoms with van der Waals surface area (Å²) in [6.07, 6.45) is 1.01. The number of fused-ring (bicyclic) bond motifs is 2. The molecule has 0 atom stereocenters. The number of terminal acetylenes is 1. The van der Waals surface area contributed by atoms with Crippen LogP contribution in [-0.4, -0.2) is 90.4 Å². The number of carbonyl (C=O) groups excluding carboxylic acids is 2. The average Bonchev–Trinajstić information content (AvgIpc) is 3.85. The first-order chi connectivity index (χ1) is 28.0. The Kier molecular flexibility index (Phi) is 15.7. The number of anilines is 2. The van der Waals surface area contributed by atoms with Crippen molar-refractivity contribution in [3.63, 3.8) is 0 Å². The lowest BCUT2D eigenvalue weighted by Gasteiger charge is -2.28. The molecule has 4 heterocycles. The van der Waals surface area contributed by atoms with Crippen molar-refractivity contribution < 1.29 is 65.3 Å². The summed E-state index contributed by atoms with van der Waals surface area (Å²) in [6.45, 7) is 7.59. The molecule has 6 rings (SSSR count). The van der Waals surface area contributed by atoms with E-state index in [0.29, 0.717) is 21.9 Å². The van der Waals surface area contributed by atoms with Gasteiger partial charge in [0.05, 0.1) is 25.1 Å². The Bertz CT molecular complexity index is 2340. The number of rotatable bonds is 11. The number of carbonyl (C=O) groups is 3. The average molecular weight is 905 g/mol. The van der Waals surface area contributed by atoms with Crippen molar-refractivity contribution in [3.05, 3.63) is 63.7 Å². The Hall–Kier alpha value is -5.31. The summed E-state index contributed by atoms with van der Waals surface area (Å²) in [4.78, 5) is 58.3. The maximum atomic E-state index is 14.5. The Morgan fingerprint density at radius 3 is 2.45 bits per heavy atom. The molecule has 0 aliphatic carbocycles. The van der Waals surface area contributed by atoms with E-state index in [1.54, 1.807) is 13.8 Å². The van der Waals surface area contributed by atoms with Crippen LogP contribution in [0.4, 0.5) is 39.0 Å². The van der Waals surface area contributed by atoms with Gasteiger partial charge in [0.2, 0.25) is 9.81 Å². The molecule has 0 unspecified atom stereocenters. The second-order valence-electron chi connectivity index (χ2n) is 13.8. The molecule has 2 aliphatic rings. The van der Waals surface area contributed by atoms with E-state index in [1.165, 1.54) is 57.7 Å². The van der Waals surface area contributed by atoms with Gasteiger partial charge in [-0.05, 0) is 49.6 Å². The SMILES string of the molecule is C#CCN1C(=O)COc2cc(F)c(N=c3snc4n3CC(C)(C)C4)cc21.CC(C)N(C(=O)COc1nnc(C(F)(F)F)s1)c1ccc(F)cc1.O=C(O)CNCP(=O)(O)O. The highest BCUT2D eigenvalue weighted by molar-refractivity contribution is 7.51. The minimum absolute atomic E-state index is 0.0964. The van der Waals surface area contributed by atoms with E-state index >= 15 is 0 Å². The van der Waals surface area contributed by atoms with Crippen molar-refractivity contribution in [2.24, 2.45) is 10.4 Å². The standard InChI is InChI=1S/C18H17FN4O2S.C14H13F4N3O2S.C3H8NO5P/c1-4-5-22-13-7-12(11(19)6-14(13)25-9-16(22)24)20-17-23-10-18(2,3)8-15(23)21-26-17;1-8(2)21(10-5-3-9(15)4-6-10)11(22)7-23-13-20-19-12(24-13)14(16,17)18;5-3(6)1-4-2-10(7,8)9/h1,6-7H,5,8-10H2,2-3H3;3-6,8H,7H2,1-2H3;4H,1-2H2,(H,5,6)(H2,7,8,9). The second kappa shape index (κ2) is 19.8. The predicted molar refractivity (Wildman–Crippen MR) is 208 cm³/mol. The van der Waals surface area contributed by atoms with Gasteiger partial charge in [-0.15, -0.1) is 11.5 Å². The van der Waals surface area contributed by atoms with Gasteiger partial charge >= 0.3 is 19.7 Å². The van der Waals surface area contributed by atoms with Gasteiger partial charge in [0.25, 0.3) is 17.0 Å². The van der Waals surface area contributed by atoms with E-state index < -0.39 is 61.7 Å². The largest absolute Gasteiger partial charge is 0.481 e. The number of nitrogens with zero attached hydrogens (tertiary/aromatic N) is 7. The molecule has 2 amide bonds. The van der Waals surface area contributed by atoms with Crippen LogP contribution in [0.1, 0.15) is 38.5 Å². The molecule has 2 aliphatic heterocycles. The minimum Gasteiger partial charge on any atom is -0.481 e. The Balaban J connectivity index is 0.000000218. The van der Waals surface area contributed by atoms with Gasteiger partial charge in [-0.25, -0.2) is 13.8 Å². The van der Waals surface area contributed by atoms with Crippen LogP contribution in [0, 0.1) is 29.4 Å². The number of carboxylic acids is 1. The Morgan fingerprint density at radius 2 is 1.87 bits per heavy atom. The van der Waals surface area contributed by atoms with E-state index in [9.17, 15) is 40.9 Å². The van der Waals surface area contributed by atoms with Crippen LogP contribution in [0.3, 0.4) is 0 Å². The number of hydrogen-bond acceptors (Lipinski definition) is 13. The lowest BCUT2D eigenvalue weighted by Crippen LogP contribution is -2.40. The van der Waals surface area contributed by atoms with Crippen molar-refractivity contribution in [2.45, 2.75) is 52.9 Å². The summed E-state index contributed by atoms with van der Waals surface area (Å²) in [5, 5.41) is 14.8. The molecule has 2 aromatic carbocycles. The number of nitrogens with one attached hydrogen (secondary N) is 1. The number of carboxylic acid groups (broad SMARTS) is 1. The van der Waals surface area contributed by atoms with E-state index in [4.69, 9.17) is 30.8 Å². The first kappa shape index (κ1) is 47.4. The molecule has 0 bridgehead atoms. The molecule has 4 N–H and O–H groups in total. The molecule has 2 aromatic heterocycles. The third-order valence-electron chi connectivity index (χ3n) is 7.89. The van der Waals surface area contributed by atoms with Crippen LogP contribution in [0.5, 0.6) is 10.9 Å². The number of hydrogen-bond donors (Lipinski definition) is 4. The van der Waals surface area contributed by atoms with Gasteiger partial charge in [-0.2, -0.15) is 17.5 Å². The Morgan fingerprint density at radius 1 is 1.18 bits per heavy atom. The first-order valence-electron chi connectivity index (χ1n) is 17.4. The predicted octanol–water partition coefficient (Wildman–Crippen LogP) is 4.57. The van der Waals surface area contributed by atoms with Gasteiger partial charge in [0.1, 0.15) is 23.1 Å². The van der Waals surface area contributed by atoms with Crippen LogP contribution < -0.4 is 29.4 Å². The summed E-state index contributed by atoms with van der Waals surface area (Å²) >= 11 is 1.45. The number of alkyl halides is 3. The number of amides is 2. The highest BCUT2D eigenvalue weighted by atomic mass is 32.1. The summed E-state index contributed by atoms with van der Waals surface area (Å²) in [6, 6.07) is 7.77. The molecule has 324 valence electrons. The molecule has 25 heteroatoms. The first-order valence-corrected chi connectivity index (χ1v) is 20.7. The highest BCUT2D eigenvalue weighted by Gasteiger charge is 2.36. The maximum Gasteiger partial charge on any atom is 0.445 e. The van der Waals surface area contributed by atoms with Crippen molar-refractivity contribution in [3.8, 4) is 23.3 Å². The van der Waals surface area contributed by atoms with Crippen molar-refractivity contribution in [2.75, 3.05) is 42.4 Å². The van der Waals surface area contributed by atoms with Crippen LogP contribution in [-0.2, 0) is 38.1 Å². The van der Waals surface area contributed by atoms with Crippen molar-refractivity contribution in [1.29, 1.82) is 0 Å². The molecule has 0 spiro atoms. The molecule has 0 fully saturated rings. The maximum absolute atomic E-state index is 14.5. The fourth-order valence-corrected chi connectivity index (χ4v) is 7.19.